The van der Waals surface area contributed by atoms with Gasteiger partial charge in [0, 0.05) is 31.6 Å². The second-order valence-corrected chi connectivity index (χ2v) is 3.19. The molecule has 1 heterocycles. The first-order valence-electron chi connectivity index (χ1n) is 4.28. The van der Waals surface area contributed by atoms with E-state index in [0.29, 0.717) is 5.82 Å². The van der Waals surface area contributed by atoms with Crippen LogP contribution in [0.2, 0.25) is 0 Å². The summed E-state index contributed by atoms with van der Waals surface area (Å²) >= 11 is 5.34. The molecule has 82 valence electrons. The number of urea groups is 1. The van der Waals surface area contributed by atoms with Crippen LogP contribution in [-0.4, -0.2) is 27.6 Å². The van der Waals surface area contributed by atoms with Gasteiger partial charge >= 0.3 is 6.03 Å². The lowest BCUT2D eigenvalue weighted by molar-refractivity contribution is -0.119. The van der Waals surface area contributed by atoms with Gasteiger partial charge in [0.05, 0.1) is 0 Å². The van der Waals surface area contributed by atoms with E-state index in [1.807, 2.05) is 0 Å². The zero-order chi connectivity index (χ0) is 11.3. The highest BCUT2D eigenvalue weighted by atomic mass is 35.5. The van der Waals surface area contributed by atoms with E-state index in [-0.39, 0.29) is 12.3 Å². The van der Waals surface area contributed by atoms with Crippen molar-refractivity contribution in [1.82, 2.24) is 15.1 Å². The first-order valence-corrected chi connectivity index (χ1v) is 4.81. The maximum absolute atomic E-state index is 11.2. The highest BCUT2D eigenvalue weighted by Gasteiger charge is 2.07. The summed E-state index contributed by atoms with van der Waals surface area (Å²) in [5.41, 5.74) is 0. The molecule has 0 fully saturated rings. The van der Waals surface area contributed by atoms with Crippen LogP contribution in [0, 0.1) is 0 Å². The minimum atomic E-state index is -0.608. The molecule has 0 spiro atoms. The van der Waals surface area contributed by atoms with Gasteiger partial charge in [-0.25, -0.2) is 4.79 Å². The monoisotopic (exact) mass is 230 g/mol. The molecule has 6 nitrogen and oxygen atoms in total. The molecular weight excluding hydrogens is 220 g/mol. The average Bonchev–Trinajstić information content (AvgIpc) is 2.51. The Morgan fingerprint density at radius 1 is 1.60 bits per heavy atom. The van der Waals surface area contributed by atoms with E-state index in [1.54, 1.807) is 19.3 Å². The Kier molecular flexibility index (Phi) is 4.11. The summed E-state index contributed by atoms with van der Waals surface area (Å²) < 4.78 is 1.54. The Balaban J connectivity index is 2.39. The van der Waals surface area contributed by atoms with E-state index in [9.17, 15) is 9.59 Å². The largest absolute Gasteiger partial charge is 0.327 e. The predicted molar refractivity (Wildman–Crippen MR) is 55.7 cm³/mol. The summed E-state index contributed by atoms with van der Waals surface area (Å²) in [6.45, 7) is 0. The molecule has 15 heavy (non-hydrogen) atoms. The molecule has 0 aliphatic rings. The second-order valence-electron chi connectivity index (χ2n) is 2.82. The first-order chi connectivity index (χ1) is 7.11. The summed E-state index contributed by atoms with van der Waals surface area (Å²) in [4.78, 5) is 22.1. The number of alkyl halides is 1. The summed E-state index contributed by atoms with van der Waals surface area (Å²) in [5, 5.41) is 8.43. The second kappa shape index (κ2) is 5.35. The van der Waals surface area contributed by atoms with Crippen molar-refractivity contribution in [3.63, 3.8) is 0 Å². The van der Waals surface area contributed by atoms with Crippen LogP contribution >= 0.6 is 11.6 Å². The number of rotatable bonds is 3. The molecule has 7 heteroatoms. The summed E-state index contributed by atoms with van der Waals surface area (Å²) in [6.07, 6.45) is 1.79. The van der Waals surface area contributed by atoms with Gasteiger partial charge in [0.25, 0.3) is 0 Å². The van der Waals surface area contributed by atoms with Gasteiger partial charge in [-0.3, -0.25) is 20.1 Å². The van der Waals surface area contributed by atoms with E-state index in [0.717, 1.165) is 0 Å². The van der Waals surface area contributed by atoms with Gasteiger partial charge in [0.1, 0.15) is 0 Å². The number of aryl methyl sites for hydroxylation is 1. The first kappa shape index (κ1) is 11.5. The topological polar surface area (TPSA) is 76.0 Å². The minimum absolute atomic E-state index is 0.108. The summed E-state index contributed by atoms with van der Waals surface area (Å²) in [5.74, 6) is 0.148. The Morgan fingerprint density at radius 2 is 2.33 bits per heavy atom. The third kappa shape index (κ3) is 3.99. The van der Waals surface area contributed by atoms with Crippen LogP contribution in [0.5, 0.6) is 0 Å². The molecular formula is C8H11ClN4O2. The number of halogens is 1. The number of nitrogens with zero attached hydrogens (tertiary/aromatic N) is 2. The van der Waals surface area contributed by atoms with E-state index in [1.165, 1.54) is 4.68 Å². The lowest BCUT2D eigenvalue weighted by Crippen LogP contribution is -2.34. The normalized spacial score (nSPS) is 9.73. The van der Waals surface area contributed by atoms with Crippen molar-refractivity contribution in [1.29, 1.82) is 0 Å². The van der Waals surface area contributed by atoms with Crippen molar-refractivity contribution in [2.24, 2.45) is 7.05 Å². The van der Waals surface area contributed by atoms with Crippen molar-refractivity contribution >= 4 is 29.4 Å². The van der Waals surface area contributed by atoms with E-state index < -0.39 is 11.9 Å². The molecule has 0 bridgehead atoms. The van der Waals surface area contributed by atoms with Crippen LogP contribution in [0.1, 0.15) is 6.42 Å². The van der Waals surface area contributed by atoms with Crippen molar-refractivity contribution < 1.29 is 9.59 Å². The number of anilines is 1. The molecule has 0 radical (unpaired) electrons. The van der Waals surface area contributed by atoms with Crippen LogP contribution in [0.25, 0.3) is 0 Å². The highest BCUT2D eigenvalue weighted by Crippen LogP contribution is 1.99. The molecule has 3 amide bonds. The van der Waals surface area contributed by atoms with Gasteiger partial charge in [-0.05, 0) is 0 Å². The SMILES string of the molecule is Cn1ccc(NC(=O)NC(=O)CCCl)n1. The fourth-order valence-corrected chi connectivity index (χ4v) is 1.08. The van der Waals surface area contributed by atoms with Crippen molar-refractivity contribution in [2.75, 3.05) is 11.2 Å². The van der Waals surface area contributed by atoms with Crippen molar-refractivity contribution in [2.45, 2.75) is 6.42 Å². The van der Waals surface area contributed by atoms with E-state index in [4.69, 9.17) is 11.6 Å². The number of hydrogen-bond donors (Lipinski definition) is 2. The maximum Gasteiger partial charge on any atom is 0.327 e. The van der Waals surface area contributed by atoms with Crippen LogP contribution in [0.15, 0.2) is 12.3 Å². The standard InChI is InChI=1S/C8H11ClN4O2/c1-13-5-3-6(12-13)10-8(15)11-7(14)2-4-9/h3,5H,2,4H2,1H3,(H2,10,11,12,14,15). The Morgan fingerprint density at radius 3 is 2.87 bits per heavy atom. The van der Waals surface area contributed by atoms with Gasteiger partial charge in [-0.2, -0.15) is 5.10 Å². The third-order valence-corrected chi connectivity index (χ3v) is 1.72. The van der Waals surface area contributed by atoms with Gasteiger partial charge in [-0.1, -0.05) is 0 Å². The summed E-state index contributed by atoms with van der Waals surface area (Å²) in [6, 6.07) is 1.01. The molecule has 1 aromatic rings. The lowest BCUT2D eigenvalue weighted by atomic mass is 10.4. The highest BCUT2D eigenvalue weighted by molar-refractivity contribution is 6.19. The molecule has 0 saturated carbocycles. The fraction of sp³-hybridized carbons (Fsp3) is 0.375. The number of hydrogen-bond acceptors (Lipinski definition) is 3. The predicted octanol–water partition coefficient (Wildman–Crippen LogP) is 0.697. The molecule has 0 atom stereocenters. The zero-order valence-corrected chi connectivity index (χ0v) is 8.91. The Bertz CT molecular complexity index is 363. The molecule has 1 aromatic heterocycles. The van der Waals surface area contributed by atoms with E-state index >= 15 is 0 Å². The van der Waals surface area contributed by atoms with Gasteiger partial charge < -0.3 is 0 Å². The number of carbonyl (C=O) groups is 2. The zero-order valence-electron chi connectivity index (χ0n) is 8.16. The molecule has 0 aromatic carbocycles. The molecule has 0 aliphatic heterocycles. The molecule has 0 aliphatic carbocycles. The number of aromatic nitrogens is 2. The van der Waals surface area contributed by atoms with Crippen LogP contribution in [-0.2, 0) is 11.8 Å². The maximum atomic E-state index is 11.2. The minimum Gasteiger partial charge on any atom is -0.291 e. The third-order valence-electron chi connectivity index (χ3n) is 1.53. The summed E-state index contributed by atoms with van der Waals surface area (Å²) in [7, 11) is 1.72. The van der Waals surface area contributed by atoms with Gasteiger partial charge in [0.2, 0.25) is 5.91 Å². The smallest absolute Gasteiger partial charge is 0.291 e. The molecule has 0 unspecified atom stereocenters. The molecule has 0 saturated heterocycles. The van der Waals surface area contributed by atoms with Crippen LogP contribution in [0.4, 0.5) is 10.6 Å². The van der Waals surface area contributed by atoms with E-state index in [2.05, 4.69) is 15.7 Å². The molecule has 2 N–H and O–H groups in total. The van der Waals surface area contributed by atoms with Crippen LogP contribution in [0.3, 0.4) is 0 Å². The van der Waals surface area contributed by atoms with Crippen molar-refractivity contribution in [3.05, 3.63) is 12.3 Å². The Hall–Kier alpha value is -1.56. The van der Waals surface area contributed by atoms with Gasteiger partial charge in [-0.15, -0.1) is 11.6 Å². The lowest BCUT2D eigenvalue weighted by Gasteiger charge is -2.02. The van der Waals surface area contributed by atoms with Gasteiger partial charge in [0.15, 0.2) is 5.82 Å². The fourth-order valence-electron chi connectivity index (χ4n) is 0.904. The number of imide groups is 1. The van der Waals surface area contributed by atoms with Crippen LogP contribution < -0.4 is 10.6 Å². The Labute approximate surface area is 91.6 Å². The number of amides is 3. The number of carbonyl (C=O) groups excluding carboxylic acids is 2. The number of nitrogens with one attached hydrogen (secondary N) is 2. The molecule has 1 rings (SSSR count). The average molecular weight is 231 g/mol. The quantitative estimate of drug-likeness (QED) is 0.751. The van der Waals surface area contributed by atoms with Crippen molar-refractivity contribution in [3.8, 4) is 0 Å².